The van der Waals surface area contributed by atoms with Crippen molar-refractivity contribution in [2.45, 2.75) is 64.2 Å². The molecular formula is C12H22F. The largest absolute Gasteiger partial charge is 0.251 e. The molecule has 0 spiro atoms. The van der Waals surface area contributed by atoms with Gasteiger partial charge in [0.15, 0.2) is 0 Å². The van der Waals surface area contributed by atoms with Gasteiger partial charge in [-0.2, -0.15) is 0 Å². The highest BCUT2D eigenvalue weighted by Crippen LogP contribution is 2.25. The number of halogens is 1. The molecule has 0 N–H and O–H groups in total. The summed E-state index contributed by atoms with van der Waals surface area (Å²) in [6.45, 7) is -0.144. The van der Waals surface area contributed by atoms with Crippen molar-refractivity contribution < 1.29 is 4.39 Å². The second kappa shape index (κ2) is 7.34. The maximum atomic E-state index is 12.2. The highest BCUT2D eigenvalue weighted by molar-refractivity contribution is 4.89. The first-order chi connectivity index (χ1) is 6.43. The van der Waals surface area contributed by atoms with Gasteiger partial charge in [0.25, 0.3) is 0 Å². The molecule has 1 radical (unpaired) electrons. The first-order valence-electron chi connectivity index (χ1n) is 5.83. The second-order valence-electron chi connectivity index (χ2n) is 4.16. The Hall–Kier alpha value is -0.0700. The van der Waals surface area contributed by atoms with E-state index in [-0.39, 0.29) is 6.67 Å². The predicted molar refractivity (Wildman–Crippen MR) is 55.4 cm³/mol. The van der Waals surface area contributed by atoms with Crippen molar-refractivity contribution >= 4 is 0 Å². The highest BCUT2D eigenvalue weighted by atomic mass is 19.1. The highest BCUT2D eigenvalue weighted by Gasteiger charge is 2.09. The van der Waals surface area contributed by atoms with Crippen LogP contribution in [-0.4, -0.2) is 6.67 Å². The van der Waals surface area contributed by atoms with E-state index >= 15 is 0 Å². The van der Waals surface area contributed by atoms with Gasteiger partial charge in [0, 0.05) is 0 Å². The molecule has 77 valence electrons. The molecule has 1 aliphatic carbocycles. The first-order valence-corrected chi connectivity index (χ1v) is 5.83. The third-order valence-corrected chi connectivity index (χ3v) is 3.01. The van der Waals surface area contributed by atoms with Crippen molar-refractivity contribution in [3.05, 3.63) is 5.92 Å². The van der Waals surface area contributed by atoms with Crippen molar-refractivity contribution in [3.8, 4) is 0 Å². The predicted octanol–water partition coefficient (Wildman–Crippen LogP) is 4.44. The number of rotatable bonds is 2. The number of hydrogen-bond acceptors (Lipinski definition) is 0. The quantitative estimate of drug-likeness (QED) is 0.596. The average molecular weight is 185 g/mol. The van der Waals surface area contributed by atoms with Crippen molar-refractivity contribution in [1.82, 2.24) is 0 Å². The monoisotopic (exact) mass is 185 g/mol. The zero-order chi connectivity index (χ0) is 9.36. The Balaban J connectivity index is 2.18. The second-order valence-corrected chi connectivity index (χ2v) is 4.16. The molecule has 0 unspecified atom stereocenters. The van der Waals surface area contributed by atoms with E-state index in [0.717, 1.165) is 6.42 Å². The normalized spacial score (nSPS) is 22.8. The van der Waals surface area contributed by atoms with Gasteiger partial charge in [0.2, 0.25) is 0 Å². The van der Waals surface area contributed by atoms with Crippen LogP contribution >= 0.6 is 0 Å². The van der Waals surface area contributed by atoms with Crippen LogP contribution in [0.25, 0.3) is 0 Å². The fourth-order valence-corrected chi connectivity index (χ4v) is 2.14. The minimum Gasteiger partial charge on any atom is -0.251 e. The minimum atomic E-state index is -0.144. The van der Waals surface area contributed by atoms with Gasteiger partial charge in [0.1, 0.15) is 0 Å². The zero-order valence-corrected chi connectivity index (χ0v) is 8.66. The Labute approximate surface area is 81.9 Å². The van der Waals surface area contributed by atoms with E-state index in [9.17, 15) is 4.39 Å². The van der Waals surface area contributed by atoms with Crippen molar-refractivity contribution in [1.29, 1.82) is 0 Å². The summed E-state index contributed by atoms with van der Waals surface area (Å²) in [7, 11) is 0. The van der Waals surface area contributed by atoms with Crippen LogP contribution in [0.1, 0.15) is 64.2 Å². The first kappa shape index (κ1) is 11.0. The number of hydrogen-bond donors (Lipinski definition) is 0. The van der Waals surface area contributed by atoms with Crippen LogP contribution < -0.4 is 0 Å². The summed E-state index contributed by atoms with van der Waals surface area (Å²) >= 11 is 0. The maximum Gasteiger partial charge on any atom is 0.0900 e. The van der Waals surface area contributed by atoms with Crippen LogP contribution in [0.15, 0.2) is 0 Å². The fraction of sp³-hybridized carbons (Fsp3) is 0.917. The summed E-state index contributed by atoms with van der Waals surface area (Å²) in [4.78, 5) is 0. The summed E-state index contributed by atoms with van der Waals surface area (Å²) in [5, 5.41) is 0. The minimum absolute atomic E-state index is 0.144. The molecule has 0 aromatic rings. The van der Waals surface area contributed by atoms with E-state index in [2.05, 4.69) is 0 Å². The van der Waals surface area contributed by atoms with Gasteiger partial charge in [-0.05, 0) is 25.2 Å². The van der Waals surface area contributed by atoms with Gasteiger partial charge in [-0.25, -0.2) is 0 Å². The lowest BCUT2D eigenvalue weighted by Crippen LogP contribution is -2.01. The van der Waals surface area contributed by atoms with Gasteiger partial charge in [-0.15, -0.1) is 0 Å². The van der Waals surface area contributed by atoms with E-state index < -0.39 is 0 Å². The molecule has 0 aromatic heterocycles. The van der Waals surface area contributed by atoms with E-state index in [1.165, 1.54) is 63.7 Å². The van der Waals surface area contributed by atoms with Crippen LogP contribution in [0, 0.1) is 5.92 Å². The number of alkyl halides is 1. The van der Waals surface area contributed by atoms with Crippen LogP contribution in [0.2, 0.25) is 0 Å². The summed E-state index contributed by atoms with van der Waals surface area (Å²) < 4.78 is 12.2. The molecule has 0 bridgehead atoms. The lowest BCUT2D eigenvalue weighted by atomic mass is 9.90. The van der Waals surface area contributed by atoms with Crippen LogP contribution in [0.4, 0.5) is 4.39 Å². The van der Waals surface area contributed by atoms with E-state index in [4.69, 9.17) is 0 Å². The summed E-state index contributed by atoms with van der Waals surface area (Å²) in [5.41, 5.74) is 0. The molecule has 13 heavy (non-hydrogen) atoms. The lowest BCUT2D eigenvalue weighted by molar-refractivity contribution is 0.439. The Morgan fingerprint density at radius 3 is 1.69 bits per heavy atom. The van der Waals surface area contributed by atoms with Gasteiger partial charge >= 0.3 is 0 Å². The smallest absolute Gasteiger partial charge is 0.0900 e. The molecule has 0 saturated heterocycles. The fourth-order valence-electron chi connectivity index (χ4n) is 2.14. The summed E-state index contributed by atoms with van der Waals surface area (Å²) in [5.74, 6) is 1.49. The van der Waals surface area contributed by atoms with E-state index in [1.54, 1.807) is 0 Å². The average Bonchev–Trinajstić information content (AvgIpc) is 2.16. The maximum absolute atomic E-state index is 12.2. The van der Waals surface area contributed by atoms with E-state index in [0.29, 0.717) is 0 Å². The Bertz CT molecular complexity index is 102. The van der Waals surface area contributed by atoms with Gasteiger partial charge in [-0.3, -0.25) is 4.39 Å². The Morgan fingerprint density at radius 1 is 0.769 bits per heavy atom. The third kappa shape index (κ3) is 5.28. The Kier molecular flexibility index (Phi) is 6.22. The third-order valence-electron chi connectivity index (χ3n) is 3.01. The molecule has 0 heterocycles. The van der Waals surface area contributed by atoms with Crippen molar-refractivity contribution in [3.63, 3.8) is 0 Å². The SMILES string of the molecule is FCC[C]1CCCCCCCCC1. The molecule has 0 aromatic carbocycles. The molecule has 0 nitrogen and oxygen atoms in total. The molecule has 1 rings (SSSR count). The summed E-state index contributed by atoms with van der Waals surface area (Å²) in [6, 6.07) is 0. The topological polar surface area (TPSA) is 0 Å². The molecule has 0 amide bonds. The van der Waals surface area contributed by atoms with Gasteiger partial charge in [0.05, 0.1) is 6.67 Å². The molecule has 1 fully saturated rings. The van der Waals surface area contributed by atoms with Gasteiger partial charge in [-0.1, -0.05) is 44.9 Å². The van der Waals surface area contributed by atoms with E-state index in [1.807, 2.05) is 0 Å². The van der Waals surface area contributed by atoms with Crippen LogP contribution in [-0.2, 0) is 0 Å². The van der Waals surface area contributed by atoms with Crippen LogP contribution in [0.5, 0.6) is 0 Å². The van der Waals surface area contributed by atoms with Crippen molar-refractivity contribution in [2.75, 3.05) is 6.67 Å². The van der Waals surface area contributed by atoms with Crippen molar-refractivity contribution in [2.24, 2.45) is 0 Å². The molecule has 1 saturated carbocycles. The zero-order valence-electron chi connectivity index (χ0n) is 8.66. The lowest BCUT2D eigenvalue weighted by Gasteiger charge is -2.16. The van der Waals surface area contributed by atoms with Gasteiger partial charge < -0.3 is 0 Å². The molecule has 1 aliphatic rings. The molecular weight excluding hydrogens is 163 g/mol. The standard InChI is InChI=1S/C12H22F/c13-11-10-12-8-6-4-2-1-3-5-7-9-12/h1-11H2. The Morgan fingerprint density at radius 2 is 1.23 bits per heavy atom. The molecule has 0 aliphatic heterocycles. The van der Waals surface area contributed by atoms with Crippen LogP contribution in [0.3, 0.4) is 0 Å². The molecule has 0 atom stereocenters. The molecule has 1 heteroatoms. The summed E-state index contributed by atoms with van der Waals surface area (Å²) in [6.07, 6.45) is 12.6.